The summed E-state index contributed by atoms with van der Waals surface area (Å²) in [5.41, 5.74) is 1.34. The van der Waals surface area contributed by atoms with Gasteiger partial charge in [0.05, 0.1) is 12.7 Å². The number of hydrogen-bond acceptors (Lipinski definition) is 4. The molecule has 1 heterocycles. The van der Waals surface area contributed by atoms with E-state index in [1.54, 1.807) is 12.1 Å². The molecule has 0 radical (unpaired) electrons. The second kappa shape index (κ2) is 6.20. The maximum atomic E-state index is 11.2. The van der Waals surface area contributed by atoms with E-state index in [1.807, 2.05) is 24.3 Å². The van der Waals surface area contributed by atoms with Crippen LogP contribution in [-0.2, 0) is 10.6 Å². The van der Waals surface area contributed by atoms with Crippen LogP contribution in [0.15, 0.2) is 42.6 Å². The number of benzene rings is 1. The van der Waals surface area contributed by atoms with Crippen molar-refractivity contribution in [2.24, 2.45) is 0 Å². The van der Waals surface area contributed by atoms with Gasteiger partial charge in [-0.3, -0.25) is 0 Å². The van der Waals surface area contributed by atoms with Gasteiger partial charge in [0.15, 0.2) is 0 Å². The highest BCUT2D eigenvalue weighted by molar-refractivity contribution is 6.17. The highest BCUT2D eigenvalue weighted by Gasteiger charge is 2.06. The molecule has 1 aromatic heterocycles. The molecule has 0 saturated carbocycles. The number of alkyl halides is 1. The van der Waals surface area contributed by atoms with Crippen molar-refractivity contribution in [3.63, 3.8) is 0 Å². The van der Waals surface area contributed by atoms with Crippen molar-refractivity contribution in [3.05, 3.63) is 53.7 Å². The average molecular weight is 278 g/mol. The van der Waals surface area contributed by atoms with Crippen molar-refractivity contribution in [2.45, 2.75) is 5.88 Å². The summed E-state index contributed by atoms with van der Waals surface area (Å²) in [6.07, 6.45) is 1.41. The van der Waals surface area contributed by atoms with Gasteiger partial charge in [0.1, 0.15) is 5.75 Å². The fraction of sp³-hybridized carbons (Fsp3) is 0.143. The predicted octanol–water partition coefficient (Wildman–Crippen LogP) is 3.40. The van der Waals surface area contributed by atoms with Crippen LogP contribution in [0.2, 0.25) is 0 Å². The zero-order valence-electron chi connectivity index (χ0n) is 10.3. The summed E-state index contributed by atoms with van der Waals surface area (Å²) < 4.78 is 10.2. The fourth-order valence-corrected chi connectivity index (χ4v) is 1.66. The SMILES string of the molecule is COC(=O)c1ccc(Oc2cccc(CCl)c2)nc1. The summed E-state index contributed by atoms with van der Waals surface area (Å²) in [6.45, 7) is 0. The van der Waals surface area contributed by atoms with E-state index in [0.29, 0.717) is 23.1 Å². The van der Waals surface area contributed by atoms with Crippen molar-refractivity contribution in [1.29, 1.82) is 0 Å². The van der Waals surface area contributed by atoms with Gasteiger partial charge in [-0.25, -0.2) is 9.78 Å². The minimum absolute atomic E-state index is 0.379. The molecule has 5 heteroatoms. The van der Waals surface area contributed by atoms with E-state index in [0.717, 1.165) is 5.56 Å². The highest BCUT2D eigenvalue weighted by Crippen LogP contribution is 2.21. The topological polar surface area (TPSA) is 48.4 Å². The molecular formula is C14H12ClNO3. The van der Waals surface area contributed by atoms with Crippen LogP contribution in [-0.4, -0.2) is 18.1 Å². The van der Waals surface area contributed by atoms with E-state index in [9.17, 15) is 4.79 Å². The Kier molecular flexibility index (Phi) is 4.36. The van der Waals surface area contributed by atoms with Crippen molar-refractivity contribution < 1.29 is 14.3 Å². The lowest BCUT2D eigenvalue weighted by Crippen LogP contribution is -2.01. The largest absolute Gasteiger partial charge is 0.465 e. The van der Waals surface area contributed by atoms with E-state index < -0.39 is 5.97 Å². The summed E-state index contributed by atoms with van der Waals surface area (Å²) in [4.78, 5) is 15.3. The number of esters is 1. The molecule has 1 aromatic carbocycles. The number of halogens is 1. The Morgan fingerprint density at radius 1 is 1.32 bits per heavy atom. The molecule has 19 heavy (non-hydrogen) atoms. The molecule has 0 saturated heterocycles. The standard InChI is InChI=1S/C14H12ClNO3/c1-18-14(17)11-5-6-13(16-9-11)19-12-4-2-3-10(7-12)8-15/h2-7,9H,8H2,1H3. The Labute approximate surface area is 115 Å². The number of ether oxygens (including phenoxy) is 2. The summed E-state index contributed by atoms with van der Waals surface area (Å²) in [6, 6.07) is 10.6. The molecule has 0 aliphatic carbocycles. The summed E-state index contributed by atoms with van der Waals surface area (Å²) in [5, 5.41) is 0. The molecule has 2 aromatic rings. The smallest absolute Gasteiger partial charge is 0.339 e. The number of carbonyl (C=O) groups excluding carboxylic acids is 1. The third kappa shape index (κ3) is 3.45. The third-order valence-corrected chi connectivity index (χ3v) is 2.74. The van der Waals surface area contributed by atoms with Gasteiger partial charge < -0.3 is 9.47 Å². The molecular weight excluding hydrogens is 266 g/mol. The van der Waals surface area contributed by atoms with Gasteiger partial charge in [-0.1, -0.05) is 12.1 Å². The molecule has 0 atom stereocenters. The zero-order valence-corrected chi connectivity index (χ0v) is 11.1. The summed E-state index contributed by atoms with van der Waals surface area (Å²) >= 11 is 5.75. The Bertz CT molecular complexity index is 569. The van der Waals surface area contributed by atoms with E-state index >= 15 is 0 Å². The normalized spacial score (nSPS) is 10.0. The second-order valence-corrected chi connectivity index (χ2v) is 4.03. The van der Waals surface area contributed by atoms with Gasteiger partial charge in [0.2, 0.25) is 5.88 Å². The fourth-order valence-electron chi connectivity index (χ4n) is 1.49. The number of hydrogen-bond donors (Lipinski definition) is 0. The monoisotopic (exact) mass is 277 g/mol. The van der Waals surface area contributed by atoms with Crippen LogP contribution in [0, 0.1) is 0 Å². The van der Waals surface area contributed by atoms with Gasteiger partial charge in [0, 0.05) is 18.1 Å². The maximum Gasteiger partial charge on any atom is 0.339 e. The van der Waals surface area contributed by atoms with E-state index in [4.69, 9.17) is 16.3 Å². The molecule has 0 aliphatic rings. The van der Waals surface area contributed by atoms with Crippen LogP contribution in [0.4, 0.5) is 0 Å². The highest BCUT2D eigenvalue weighted by atomic mass is 35.5. The third-order valence-electron chi connectivity index (χ3n) is 2.43. The Balaban J connectivity index is 2.12. The van der Waals surface area contributed by atoms with Gasteiger partial charge in [-0.2, -0.15) is 0 Å². The van der Waals surface area contributed by atoms with Gasteiger partial charge in [-0.15, -0.1) is 11.6 Å². The lowest BCUT2D eigenvalue weighted by Gasteiger charge is -2.06. The van der Waals surface area contributed by atoms with Crippen LogP contribution in [0.25, 0.3) is 0 Å². The molecule has 0 bridgehead atoms. The number of methoxy groups -OCH3 is 1. The van der Waals surface area contributed by atoms with Crippen molar-refractivity contribution in [3.8, 4) is 11.6 Å². The minimum Gasteiger partial charge on any atom is -0.465 e. The van der Waals surface area contributed by atoms with Crippen LogP contribution in [0.5, 0.6) is 11.6 Å². The average Bonchev–Trinajstić information content (AvgIpc) is 2.47. The summed E-state index contributed by atoms with van der Waals surface area (Å²) in [5.74, 6) is 1.05. The molecule has 4 nitrogen and oxygen atoms in total. The molecule has 0 spiro atoms. The zero-order chi connectivity index (χ0) is 13.7. The Hall–Kier alpha value is -2.07. The van der Waals surface area contributed by atoms with Gasteiger partial charge in [-0.05, 0) is 23.8 Å². The second-order valence-electron chi connectivity index (χ2n) is 3.76. The van der Waals surface area contributed by atoms with Crippen molar-refractivity contribution in [2.75, 3.05) is 7.11 Å². The Morgan fingerprint density at radius 3 is 2.79 bits per heavy atom. The quantitative estimate of drug-likeness (QED) is 0.635. The number of pyridine rings is 1. The first-order valence-electron chi connectivity index (χ1n) is 5.60. The maximum absolute atomic E-state index is 11.2. The van der Waals surface area contributed by atoms with Crippen LogP contribution in [0.1, 0.15) is 15.9 Å². The molecule has 0 amide bonds. The molecule has 2 rings (SSSR count). The van der Waals surface area contributed by atoms with E-state index in [1.165, 1.54) is 13.3 Å². The minimum atomic E-state index is -0.428. The van der Waals surface area contributed by atoms with Gasteiger partial charge >= 0.3 is 5.97 Å². The first-order valence-corrected chi connectivity index (χ1v) is 6.13. The molecule has 98 valence electrons. The number of carbonyl (C=O) groups is 1. The Morgan fingerprint density at radius 2 is 2.16 bits per heavy atom. The van der Waals surface area contributed by atoms with Crippen molar-refractivity contribution >= 4 is 17.6 Å². The van der Waals surface area contributed by atoms with Crippen LogP contribution >= 0.6 is 11.6 Å². The van der Waals surface area contributed by atoms with Crippen molar-refractivity contribution in [1.82, 2.24) is 4.98 Å². The first kappa shape index (κ1) is 13.4. The number of aromatic nitrogens is 1. The van der Waals surface area contributed by atoms with Crippen LogP contribution in [0.3, 0.4) is 0 Å². The molecule has 0 aliphatic heterocycles. The van der Waals surface area contributed by atoms with E-state index in [2.05, 4.69) is 9.72 Å². The number of rotatable bonds is 4. The molecule has 0 unspecified atom stereocenters. The first-order chi connectivity index (χ1) is 9.22. The lowest BCUT2D eigenvalue weighted by atomic mass is 10.2. The molecule has 0 fully saturated rings. The number of nitrogens with zero attached hydrogens (tertiary/aromatic N) is 1. The van der Waals surface area contributed by atoms with Crippen LogP contribution < -0.4 is 4.74 Å². The summed E-state index contributed by atoms with van der Waals surface area (Å²) in [7, 11) is 1.32. The van der Waals surface area contributed by atoms with Gasteiger partial charge in [0.25, 0.3) is 0 Å². The lowest BCUT2D eigenvalue weighted by molar-refractivity contribution is 0.0600. The van der Waals surface area contributed by atoms with E-state index in [-0.39, 0.29) is 0 Å². The molecule has 0 N–H and O–H groups in total. The predicted molar refractivity (Wildman–Crippen MR) is 71.6 cm³/mol.